The molecule has 0 bridgehead atoms. The first-order valence-electron chi connectivity index (χ1n) is 24.5. The SMILES string of the molecule is CO[C@H]1O[C@H](CO[C@H]2O[C@H](CO)[C@@H](O)[C@H](O)[C@@H]2O[C@@H]2O[C@H](CO)[C@@H](O)[C@H](O)[C@H]2NC(C)=O)[C@@H](O[C@@H]2O[C@H](CO)[C@@H](O)[C@H](O)[C@H]2NC(C)=O)[C@H](O[C@H]2O[C@H](CO)[C@@H](O)[C@H](O)[C@@H]2O[C@@H]2O[C@H](CO)[C@@H](O)[C@H](O)[C@H]2NC(C)=O)[C@@H]1O. The van der Waals surface area contributed by atoms with Crippen LogP contribution in [0.4, 0.5) is 0 Å². The van der Waals surface area contributed by atoms with Crippen molar-refractivity contribution in [2.75, 3.05) is 46.8 Å². The van der Waals surface area contributed by atoms with E-state index in [4.69, 9.17) is 56.8 Å². The highest BCUT2D eigenvalue weighted by Crippen LogP contribution is 2.37. The predicted octanol–water partition coefficient (Wildman–Crippen LogP) is -13.0. The van der Waals surface area contributed by atoms with E-state index in [-0.39, 0.29) is 0 Å². The van der Waals surface area contributed by atoms with Gasteiger partial charge in [-0.2, -0.15) is 0 Å². The van der Waals surface area contributed by atoms with Crippen LogP contribution in [0, 0.1) is 0 Å². The van der Waals surface area contributed by atoms with E-state index in [1.165, 1.54) is 0 Å². The van der Waals surface area contributed by atoms with Crippen LogP contribution < -0.4 is 16.0 Å². The van der Waals surface area contributed by atoms with Crippen molar-refractivity contribution in [2.45, 2.75) is 205 Å². The molecule has 6 rings (SSSR count). The van der Waals surface area contributed by atoms with E-state index < -0.39 is 241 Å². The summed E-state index contributed by atoms with van der Waals surface area (Å²) in [4.78, 5) is 37.1. The molecule has 446 valence electrons. The van der Waals surface area contributed by atoms with Crippen LogP contribution in [0.5, 0.6) is 0 Å². The third-order valence-corrected chi connectivity index (χ3v) is 13.8. The van der Waals surface area contributed by atoms with E-state index >= 15 is 0 Å². The fraction of sp³-hybridized carbons (Fsp3) is 0.930. The monoisotopic (exact) mass is 1130 g/mol. The molecule has 0 unspecified atom stereocenters. The Morgan fingerprint density at radius 1 is 0.351 bits per heavy atom. The van der Waals surface area contributed by atoms with Crippen molar-refractivity contribution in [3.8, 4) is 0 Å². The Hall–Kier alpha value is -2.71. The van der Waals surface area contributed by atoms with Gasteiger partial charge in [-0.05, 0) is 0 Å². The molecule has 6 heterocycles. The summed E-state index contributed by atoms with van der Waals surface area (Å²) < 4.78 is 71.3. The van der Waals surface area contributed by atoms with Crippen LogP contribution in [-0.4, -0.2) is 330 Å². The molecule has 0 saturated carbocycles. The number of nitrogens with one attached hydrogen (secondary N) is 3. The van der Waals surface area contributed by atoms with Crippen LogP contribution in [0.1, 0.15) is 20.8 Å². The zero-order chi connectivity index (χ0) is 56.9. The third-order valence-electron chi connectivity index (χ3n) is 13.8. The summed E-state index contributed by atoms with van der Waals surface area (Å²) in [5.41, 5.74) is 0. The second-order valence-electron chi connectivity index (χ2n) is 19.2. The number of rotatable bonds is 20. The van der Waals surface area contributed by atoms with E-state index in [0.717, 1.165) is 27.9 Å². The number of aliphatic hydroxyl groups is 16. The topological polar surface area (TPSA) is 522 Å². The molecule has 6 aliphatic rings. The zero-order valence-corrected chi connectivity index (χ0v) is 41.8. The number of hydrogen-bond donors (Lipinski definition) is 19. The second-order valence-corrected chi connectivity index (χ2v) is 19.2. The van der Waals surface area contributed by atoms with Gasteiger partial charge in [0.1, 0.15) is 146 Å². The molecule has 30 atom stereocenters. The fourth-order valence-electron chi connectivity index (χ4n) is 9.76. The molecule has 19 N–H and O–H groups in total. The number of hydrogen-bond acceptors (Lipinski definition) is 31. The lowest BCUT2D eigenvalue weighted by molar-refractivity contribution is -0.398. The van der Waals surface area contributed by atoms with Gasteiger partial charge in [0.15, 0.2) is 37.7 Å². The van der Waals surface area contributed by atoms with Crippen LogP contribution in [0.2, 0.25) is 0 Å². The molecule has 6 fully saturated rings. The van der Waals surface area contributed by atoms with Gasteiger partial charge in [0, 0.05) is 27.9 Å². The lowest BCUT2D eigenvalue weighted by atomic mass is 9.94. The second kappa shape index (κ2) is 27.8. The summed E-state index contributed by atoms with van der Waals surface area (Å²) in [6, 6.07) is -5.01. The summed E-state index contributed by atoms with van der Waals surface area (Å²) >= 11 is 0. The normalized spacial score (nSPS) is 47.7. The highest BCUT2D eigenvalue weighted by molar-refractivity contribution is 5.74. The molecule has 77 heavy (non-hydrogen) atoms. The van der Waals surface area contributed by atoms with E-state index in [1.54, 1.807) is 0 Å². The molecule has 0 aromatic carbocycles. The molecule has 34 heteroatoms. The Bertz CT molecular complexity index is 1890. The molecule has 6 aliphatic heterocycles. The number of aliphatic hydroxyl groups excluding tert-OH is 16. The number of methoxy groups -OCH3 is 1. The highest BCUT2D eigenvalue weighted by Gasteiger charge is 2.58. The number of ether oxygens (including phenoxy) is 12. The maximum absolute atomic E-state index is 12.5. The summed E-state index contributed by atoms with van der Waals surface area (Å²) in [5.74, 6) is -2.37. The minimum atomic E-state index is -2.16. The fourth-order valence-corrected chi connectivity index (χ4v) is 9.76. The summed E-state index contributed by atoms with van der Waals surface area (Å²) in [5, 5.41) is 180. The Morgan fingerprint density at radius 3 is 0.974 bits per heavy atom. The zero-order valence-electron chi connectivity index (χ0n) is 41.8. The van der Waals surface area contributed by atoms with Gasteiger partial charge >= 0.3 is 0 Å². The summed E-state index contributed by atoms with van der Waals surface area (Å²) in [7, 11) is 1.05. The molecule has 0 aliphatic carbocycles. The largest absolute Gasteiger partial charge is 0.394 e. The first-order chi connectivity index (χ1) is 36.4. The minimum Gasteiger partial charge on any atom is -0.394 e. The number of carbonyl (C=O) groups is 3. The minimum absolute atomic E-state index is 0.767. The first kappa shape index (κ1) is 63.5. The lowest BCUT2D eigenvalue weighted by Crippen LogP contribution is -2.70. The summed E-state index contributed by atoms with van der Waals surface area (Å²) in [6.45, 7) is -2.58. The van der Waals surface area contributed by atoms with Gasteiger partial charge in [-0.3, -0.25) is 14.4 Å². The maximum Gasteiger partial charge on any atom is 0.217 e. The standard InChI is InChI=1S/C43H73N3O31/c1-11(52)44-20-28(60)23(55)14(5-47)68-38(20)74-34-19(10-67-42-36(31(63)26(58)17(8-50)71-42)76-39-21(45-12(2)53)29(61)24(56)15(6-48)69-39)73-41(66-4)33(65)35(34)75-43-37(32(64)27(59)18(9-51)72-43)77-40-22(46-13(3)54)30(62)25(57)16(7-49)70-40/h14-43,47-51,55-65H,5-10H2,1-4H3,(H,44,52)(H,45,53)(H,46,54)/t14-,15-,16-,17-,18-,19-,20-,21-,22-,23-,24-,25-,26-,27-,28-,29-,30-,31+,32+,33+,34-,35-,36+,37+,38+,39+,40+,41+,42+,43-/m1/s1. The molecule has 6 saturated heterocycles. The van der Waals surface area contributed by atoms with Gasteiger partial charge < -0.3 is 154 Å². The Balaban J connectivity index is 1.41. The van der Waals surface area contributed by atoms with Crippen LogP contribution in [0.25, 0.3) is 0 Å². The highest BCUT2D eigenvalue weighted by atomic mass is 16.8. The van der Waals surface area contributed by atoms with E-state index in [2.05, 4.69) is 16.0 Å². The Morgan fingerprint density at radius 2 is 0.636 bits per heavy atom. The van der Waals surface area contributed by atoms with E-state index in [1.807, 2.05) is 0 Å². The average molecular weight is 1130 g/mol. The van der Waals surface area contributed by atoms with Crippen molar-refractivity contribution >= 4 is 17.7 Å². The van der Waals surface area contributed by atoms with Gasteiger partial charge in [0.25, 0.3) is 0 Å². The molecule has 0 aromatic heterocycles. The first-order valence-corrected chi connectivity index (χ1v) is 24.5. The van der Waals surface area contributed by atoms with Crippen LogP contribution >= 0.6 is 0 Å². The van der Waals surface area contributed by atoms with Crippen molar-refractivity contribution < 1.29 is 153 Å². The third kappa shape index (κ3) is 14.1. The lowest BCUT2D eigenvalue weighted by Gasteiger charge is -2.51. The van der Waals surface area contributed by atoms with Crippen molar-refractivity contribution in [1.29, 1.82) is 0 Å². The molecule has 0 spiro atoms. The van der Waals surface area contributed by atoms with E-state index in [0.29, 0.717) is 0 Å². The van der Waals surface area contributed by atoms with Gasteiger partial charge in [-0.1, -0.05) is 0 Å². The van der Waals surface area contributed by atoms with Gasteiger partial charge in [0.05, 0.1) is 39.6 Å². The number of carbonyl (C=O) groups excluding carboxylic acids is 3. The Labute approximate surface area is 437 Å². The quantitative estimate of drug-likeness (QED) is 0.0538. The van der Waals surface area contributed by atoms with Gasteiger partial charge in [-0.15, -0.1) is 0 Å². The smallest absolute Gasteiger partial charge is 0.217 e. The van der Waals surface area contributed by atoms with Crippen molar-refractivity contribution in [3.63, 3.8) is 0 Å². The molecule has 3 amide bonds. The average Bonchev–Trinajstić information content (AvgIpc) is 3.39. The van der Waals surface area contributed by atoms with Crippen molar-refractivity contribution in [1.82, 2.24) is 16.0 Å². The van der Waals surface area contributed by atoms with Gasteiger partial charge in [0.2, 0.25) is 17.7 Å². The summed E-state index contributed by atoms with van der Waals surface area (Å²) in [6.07, 6.45) is -51.2. The molecular weight excluding hydrogens is 1050 g/mol. The molecule has 34 nitrogen and oxygen atoms in total. The maximum atomic E-state index is 12.5. The van der Waals surface area contributed by atoms with Gasteiger partial charge in [-0.25, -0.2) is 0 Å². The van der Waals surface area contributed by atoms with Crippen LogP contribution in [0.3, 0.4) is 0 Å². The van der Waals surface area contributed by atoms with E-state index in [9.17, 15) is 96.1 Å². The predicted molar refractivity (Wildman–Crippen MR) is 239 cm³/mol. The molecule has 0 aromatic rings. The van der Waals surface area contributed by atoms with Crippen LogP contribution in [0.15, 0.2) is 0 Å². The van der Waals surface area contributed by atoms with Crippen LogP contribution in [-0.2, 0) is 71.2 Å². The Kier molecular flexibility index (Phi) is 22.9. The molecule has 0 radical (unpaired) electrons. The van der Waals surface area contributed by atoms with Crippen molar-refractivity contribution in [3.05, 3.63) is 0 Å². The van der Waals surface area contributed by atoms with Crippen molar-refractivity contribution in [2.24, 2.45) is 0 Å². The molecular formula is C43H73N3O31. The number of amides is 3.